The monoisotopic (exact) mass is 703 g/mol. The number of nitrogens with zero attached hydrogens (tertiary/aromatic N) is 1. The van der Waals surface area contributed by atoms with Gasteiger partial charge in [0.05, 0.1) is 16.3 Å². The Labute approximate surface area is 248 Å². The van der Waals surface area contributed by atoms with E-state index in [1.807, 2.05) is 18.2 Å². The van der Waals surface area contributed by atoms with E-state index in [2.05, 4.69) is 10.1 Å². The Kier molecular flexibility index (Phi) is 9.43. The van der Waals surface area contributed by atoms with Crippen molar-refractivity contribution in [3.63, 3.8) is 0 Å². The van der Waals surface area contributed by atoms with Gasteiger partial charge in [0, 0.05) is 11.6 Å². The van der Waals surface area contributed by atoms with Gasteiger partial charge < -0.3 is 24.2 Å². The van der Waals surface area contributed by atoms with Crippen LogP contribution in [0.5, 0.6) is 5.75 Å². The largest absolute Gasteiger partial charge is 0.462 e. The second kappa shape index (κ2) is 12.3. The van der Waals surface area contributed by atoms with Gasteiger partial charge >= 0.3 is 19.4 Å². The van der Waals surface area contributed by atoms with E-state index >= 15 is 0 Å². The number of carbonyl (C=O) groups excluding carboxylic acids is 1. The van der Waals surface area contributed by atoms with Crippen molar-refractivity contribution in [1.82, 2.24) is 14.6 Å². The third kappa shape index (κ3) is 6.91. The van der Waals surface area contributed by atoms with Gasteiger partial charge in [0.25, 0.3) is 5.56 Å². The van der Waals surface area contributed by atoms with Gasteiger partial charge in [-0.2, -0.15) is 5.09 Å². The molecule has 15 heteroatoms. The number of aliphatic hydroxyl groups excluding tert-OH is 1. The highest BCUT2D eigenvalue weighted by Gasteiger charge is 2.54. The number of aromatic nitrogens is 2. The maximum Gasteiger partial charge on any atom is 0.459 e. The number of benzene rings is 2. The van der Waals surface area contributed by atoms with Crippen LogP contribution in [0, 0.1) is 3.57 Å². The van der Waals surface area contributed by atoms with Gasteiger partial charge in [-0.15, -0.1) is 0 Å². The Morgan fingerprint density at radius 3 is 2.61 bits per heavy atom. The van der Waals surface area contributed by atoms with E-state index in [1.165, 1.54) is 20.0 Å². The van der Waals surface area contributed by atoms with Gasteiger partial charge in [-0.1, -0.05) is 36.4 Å². The summed E-state index contributed by atoms with van der Waals surface area (Å²) in [6.45, 7) is 5.44. The van der Waals surface area contributed by atoms with Crippen molar-refractivity contribution in [3.05, 3.63) is 73.1 Å². The fourth-order valence-corrected chi connectivity index (χ4v) is 6.26. The summed E-state index contributed by atoms with van der Waals surface area (Å²) in [7, 11) is -4.38. The maximum absolute atomic E-state index is 14.1. The molecule has 222 valence electrons. The highest BCUT2D eigenvalue weighted by Crippen LogP contribution is 2.48. The van der Waals surface area contributed by atoms with Gasteiger partial charge in [-0.3, -0.25) is 23.7 Å². The van der Waals surface area contributed by atoms with Gasteiger partial charge in [-0.25, -0.2) is 9.36 Å². The number of H-pyrrole nitrogens is 1. The molecule has 4 rings (SSSR count). The first-order valence-electron chi connectivity index (χ1n) is 12.7. The zero-order valence-corrected chi connectivity index (χ0v) is 25.7. The third-order valence-electron chi connectivity index (χ3n) is 6.37. The lowest BCUT2D eigenvalue weighted by atomic mass is 9.96. The van der Waals surface area contributed by atoms with Crippen LogP contribution in [-0.2, 0) is 23.4 Å². The normalized spacial score (nSPS) is 24.7. The van der Waals surface area contributed by atoms with Gasteiger partial charge in [-0.05, 0) is 61.7 Å². The second-order valence-corrected chi connectivity index (χ2v) is 12.9. The molecule has 0 bridgehead atoms. The lowest BCUT2D eigenvalue weighted by molar-refractivity contribution is -0.149. The number of esters is 1. The number of rotatable bonds is 10. The van der Waals surface area contributed by atoms with Crippen molar-refractivity contribution in [2.24, 2.45) is 0 Å². The molecule has 2 heterocycles. The molecule has 0 saturated carbocycles. The van der Waals surface area contributed by atoms with Crippen molar-refractivity contribution in [1.29, 1.82) is 0 Å². The zero-order valence-electron chi connectivity index (χ0n) is 22.6. The molecule has 6 atom stereocenters. The van der Waals surface area contributed by atoms with Crippen LogP contribution in [0.4, 0.5) is 0 Å². The molecule has 1 aliphatic heterocycles. The van der Waals surface area contributed by atoms with Crippen molar-refractivity contribution >= 4 is 47.1 Å². The first-order valence-corrected chi connectivity index (χ1v) is 15.3. The second-order valence-electron chi connectivity index (χ2n) is 10.0. The predicted molar refractivity (Wildman–Crippen MR) is 157 cm³/mol. The standard InChI is InChI=1S/C26H31IN3O10P/c1-14(2)38-23(33)15(3)29-41(36,40-19-11-7-9-16-8-5-6-10-17(16)19)37-13-20-21(31)26(4,35)24(39-20)30-12-18(27)22(32)28-25(30)34/h5-12,14-15,20-21,24,31,35H,13H2,1-4H3,(H,29,36)(H,28,32,34)/t15-,20-,21-,24-,26-,41-/m1/s1. The van der Waals surface area contributed by atoms with E-state index in [0.717, 1.165) is 9.95 Å². The van der Waals surface area contributed by atoms with E-state index in [4.69, 9.17) is 18.5 Å². The number of nitrogens with one attached hydrogen (secondary N) is 2. The van der Waals surface area contributed by atoms with Crippen LogP contribution in [0.1, 0.15) is 33.9 Å². The van der Waals surface area contributed by atoms with E-state index in [-0.39, 0.29) is 9.32 Å². The van der Waals surface area contributed by atoms with E-state index in [0.29, 0.717) is 5.39 Å². The first kappa shape index (κ1) is 31.3. The summed E-state index contributed by atoms with van der Waals surface area (Å²) in [5.41, 5.74) is -3.49. The van der Waals surface area contributed by atoms with Gasteiger partial charge in [0.15, 0.2) is 6.23 Å². The summed E-state index contributed by atoms with van der Waals surface area (Å²) in [5, 5.41) is 26.0. The van der Waals surface area contributed by atoms with Crippen LogP contribution >= 0.6 is 30.3 Å². The number of aromatic amines is 1. The molecule has 0 radical (unpaired) electrons. The summed E-state index contributed by atoms with van der Waals surface area (Å²) >= 11 is 1.71. The molecule has 0 amide bonds. The number of hydrogen-bond acceptors (Lipinski definition) is 10. The number of hydrogen-bond donors (Lipinski definition) is 4. The van der Waals surface area contributed by atoms with E-state index < -0.39 is 67.8 Å². The fourth-order valence-electron chi connectivity index (χ4n) is 4.30. The molecule has 0 aliphatic carbocycles. The van der Waals surface area contributed by atoms with Crippen LogP contribution in [0.3, 0.4) is 0 Å². The number of ether oxygens (including phenoxy) is 2. The summed E-state index contributed by atoms with van der Waals surface area (Å²) in [6.07, 6.45) is -3.56. The lowest BCUT2D eigenvalue weighted by Crippen LogP contribution is -2.47. The third-order valence-corrected chi connectivity index (χ3v) is 8.76. The summed E-state index contributed by atoms with van der Waals surface area (Å²) < 4.78 is 37.7. The molecule has 4 N–H and O–H groups in total. The molecule has 1 fully saturated rings. The fraction of sp³-hybridized carbons (Fsp3) is 0.423. The van der Waals surface area contributed by atoms with Crippen LogP contribution in [0.15, 0.2) is 58.3 Å². The van der Waals surface area contributed by atoms with Crippen LogP contribution < -0.4 is 20.9 Å². The van der Waals surface area contributed by atoms with Crippen molar-refractivity contribution < 1.29 is 38.1 Å². The van der Waals surface area contributed by atoms with E-state index in [1.54, 1.807) is 60.7 Å². The molecule has 1 saturated heterocycles. The molecule has 0 unspecified atom stereocenters. The van der Waals surface area contributed by atoms with Crippen molar-refractivity contribution in [3.8, 4) is 5.75 Å². The summed E-state index contributed by atoms with van der Waals surface area (Å²) in [5.74, 6) is -0.493. The first-order chi connectivity index (χ1) is 19.2. The molecular formula is C26H31IN3O10P. The van der Waals surface area contributed by atoms with Gasteiger partial charge in [0.1, 0.15) is 29.6 Å². The number of fused-ring (bicyclic) bond motifs is 1. The van der Waals surface area contributed by atoms with E-state index in [9.17, 15) is 29.2 Å². The summed E-state index contributed by atoms with van der Waals surface area (Å²) in [4.78, 5) is 38.9. The summed E-state index contributed by atoms with van der Waals surface area (Å²) in [6, 6.07) is 11.2. The Morgan fingerprint density at radius 1 is 1.22 bits per heavy atom. The highest BCUT2D eigenvalue weighted by molar-refractivity contribution is 14.1. The van der Waals surface area contributed by atoms with Crippen LogP contribution in [0.2, 0.25) is 0 Å². The lowest BCUT2D eigenvalue weighted by Gasteiger charge is -2.27. The minimum atomic E-state index is -4.38. The minimum absolute atomic E-state index is 0.148. The Morgan fingerprint density at radius 2 is 1.90 bits per heavy atom. The van der Waals surface area contributed by atoms with Crippen molar-refractivity contribution in [2.45, 2.75) is 63.9 Å². The molecule has 13 nitrogen and oxygen atoms in total. The predicted octanol–water partition coefficient (Wildman–Crippen LogP) is 2.44. The zero-order chi connectivity index (χ0) is 30.1. The highest BCUT2D eigenvalue weighted by atomic mass is 127. The van der Waals surface area contributed by atoms with Crippen molar-refractivity contribution in [2.75, 3.05) is 6.61 Å². The minimum Gasteiger partial charge on any atom is -0.462 e. The average molecular weight is 703 g/mol. The molecular weight excluding hydrogens is 672 g/mol. The molecule has 1 aromatic heterocycles. The molecule has 41 heavy (non-hydrogen) atoms. The Balaban J connectivity index is 1.61. The van der Waals surface area contributed by atoms with Crippen LogP contribution in [0.25, 0.3) is 10.8 Å². The average Bonchev–Trinajstić information content (AvgIpc) is 3.13. The number of carbonyl (C=O) groups is 1. The number of halogens is 1. The molecule has 0 spiro atoms. The topological polar surface area (TPSA) is 178 Å². The molecule has 3 aromatic rings. The Bertz CT molecular complexity index is 1580. The van der Waals surface area contributed by atoms with Gasteiger partial charge in [0.2, 0.25) is 0 Å². The molecule has 1 aliphatic rings. The Hall–Kier alpha value is -2.59. The van der Waals surface area contributed by atoms with Crippen LogP contribution in [-0.4, -0.2) is 62.3 Å². The SMILES string of the molecule is CC(C)OC(=O)[C@@H](C)N[P@@](=O)(OC[C@H]1O[C@@H](n2cc(I)c(=O)[nH]c2=O)[C@](C)(O)[C@@H]1O)Oc1cccc2ccccc12. The quantitative estimate of drug-likeness (QED) is 0.139. The smallest absolute Gasteiger partial charge is 0.459 e. The maximum atomic E-state index is 14.1. The number of aliphatic hydroxyl groups is 2. The molecule has 2 aromatic carbocycles.